The lowest BCUT2D eigenvalue weighted by Gasteiger charge is -2.31. The van der Waals surface area contributed by atoms with Crippen molar-refractivity contribution in [3.63, 3.8) is 0 Å². The Balaban J connectivity index is 5.39. The van der Waals surface area contributed by atoms with Crippen LogP contribution in [0.2, 0.25) is 0 Å². The van der Waals surface area contributed by atoms with Crippen LogP contribution >= 0.6 is 0 Å². The number of ether oxygens (including phenoxy) is 3. The van der Waals surface area contributed by atoms with Crippen LogP contribution in [0.4, 0.5) is 61.6 Å². The molecule has 0 radical (unpaired) electrons. The van der Waals surface area contributed by atoms with Crippen LogP contribution in [0.25, 0.3) is 0 Å². The number of alkyl halides is 13. The number of halogens is 14. The summed E-state index contributed by atoms with van der Waals surface area (Å²) >= 11 is 0. The first-order valence-electron chi connectivity index (χ1n) is 4.54. The van der Waals surface area contributed by atoms with Gasteiger partial charge in [0.2, 0.25) is 0 Å². The SMILES string of the molecule is FOC(F)(F)C(F)(F)OC(F)(F)C(F)(F)OC(F)(F)OC(F)(F)F. The van der Waals surface area contributed by atoms with Crippen LogP contribution in [0.15, 0.2) is 0 Å². The molecule has 146 valence electrons. The molecule has 0 aliphatic heterocycles. The molecule has 0 atom stereocenters. The van der Waals surface area contributed by atoms with Gasteiger partial charge in [0.25, 0.3) is 0 Å². The molecule has 0 rings (SSSR count). The van der Waals surface area contributed by atoms with E-state index in [1.165, 1.54) is 14.4 Å². The summed E-state index contributed by atoms with van der Waals surface area (Å²) < 4.78 is 173. The molecule has 0 fully saturated rings. The van der Waals surface area contributed by atoms with Crippen molar-refractivity contribution in [2.24, 2.45) is 0 Å². The molecule has 0 heterocycles. The third kappa shape index (κ3) is 5.74. The largest absolute Gasteiger partial charge is 0.529 e. The van der Waals surface area contributed by atoms with Crippen molar-refractivity contribution in [3.05, 3.63) is 0 Å². The Morgan fingerprint density at radius 3 is 1.08 bits per heavy atom. The Bertz CT molecular complexity index is 429. The second-order valence-corrected chi connectivity index (χ2v) is 3.36. The number of hydrogen-bond acceptors (Lipinski definition) is 4. The van der Waals surface area contributed by atoms with E-state index in [2.05, 4.69) is 0 Å². The lowest BCUT2D eigenvalue weighted by atomic mass is 10.5. The van der Waals surface area contributed by atoms with Crippen molar-refractivity contribution in [3.8, 4) is 0 Å². The van der Waals surface area contributed by atoms with Crippen molar-refractivity contribution >= 4 is 0 Å². The molecule has 0 spiro atoms. The van der Waals surface area contributed by atoms with E-state index in [0.717, 1.165) is 0 Å². The zero-order chi connectivity index (χ0) is 19.8. The van der Waals surface area contributed by atoms with Crippen LogP contribution in [0.1, 0.15) is 0 Å². The highest BCUT2D eigenvalue weighted by atomic mass is 19.4. The van der Waals surface area contributed by atoms with E-state index in [1.807, 2.05) is 0 Å². The Morgan fingerprint density at radius 1 is 0.417 bits per heavy atom. The number of rotatable bonds is 8. The van der Waals surface area contributed by atoms with Gasteiger partial charge in [-0.1, -0.05) is 0 Å². The fourth-order valence-electron chi connectivity index (χ4n) is 0.689. The molecular weight excluding hydrogens is 402 g/mol. The maximum atomic E-state index is 12.6. The monoisotopic (exact) mass is 402 g/mol. The highest BCUT2D eigenvalue weighted by Gasteiger charge is 2.74. The first-order valence-corrected chi connectivity index (χ1v) is 4.54. The van der Waals surface area contributed by atoms with E-state index in [9.17, 15) is 61.6 Å². The molecule has 0 aromatic heterocycles. The minimum Gasteiger partial charge on any atom is -0.241 e. The van der Waals surface area contributed by atoms with E-state index in [0.29, 0.717) is 0 Å². The lowest BCUT2D eigenvalue weighted by molar-refractivity contribution is -0.590. The molecule has 18 heteroatoms. The second-order valence-electron chi connectivity index (χ2n) is 3.36. The molecule has 0 amide bonds. The summed E-state index contributed by atoms with van der Waals surface area (Å²) in [7, 11) is 0. The van der Waals surface area contributed by atoms with Crippen molar-refractivity contribution < 1.29 is 80.8 Å². The Kier molecular flexibility index (Phi) is 6.00. The van der Waals surface area contributed by atoms with Gasteiger partial charge in [-0.15, -0.1) is 26.9 Å². The molecule has 0 aromatic carbocycles. The Morgan fingerprint density at radius 2 is 0.750 bits per heavy atom. The predicted molar refractivity (Wildman–Crippen MR) is 36.2 cm³/mol. The van der Waals surface area contributed by atoms with Gasteiger partial charge in [-0.3, -0.25) is 0 Å². The average Bonchev–Trinajstić information content (AvgIpc) is 2.21. The minimum absolute atomic E-state index is 1.18. The Hall–Kier alpha value is -1.14. The summed E-state index contributed by atoms with van der Waals surface area (Å²) in [6, 6.07) is 0. The van der Waals surface area contributed by atoms with Gasteiger partial charge < -0.3 is 0 Å². The van der Waals surface area contributed by atoms with Gasteiger partial charge in [-0.25, -0.2) is 9.47 Å². The molecule has 0 bridgehead atoms. The van der Waals surface area contributed by atoms with Crippen molar-refractivity contribution in [2.75, 3.05) is 0 Å². The van der Waals surface area contributed by atoms with Crippen LogP contribution in [-0.2, 0) is 19.2 Å². The first-order chi connectivity index (χ1) is 10.2. The van der Waals surface area contributed by atoms with Gasteiger partial charge in [-0.2, -0.15) is 39.9 Å². The second kappa shape index (κ2) is 6.30. The van der Waals surface area contributed by atoms with E-state index < -0.39 is 37.1 Å². The van der Waals surface area contributed by atoms with Crippen molar-refractivity contribution in [2.45, 2.75) is 37.1 Å². The Labute approximate surface area is 119 Å². The fraction of sp³-hybridized carbons (Fsp3) is 1.00. The molecule has 0 N–H and O–H groups in total. The maximum Gasteiger partial charge on any atom is 0.529 e. The highest BCUT2D eigenvalue weighted by Crippen LogP contribution is 2.47. The summed E-state index contributed by atoms with van der Waals surface area (Å²) in [6.07, 6.45) is -40.8. The van der Waals surface area contributed by atoms with Gasteiger partial charge in [0.15, 0.2) is 0 Å². The summed E-state index contributed by atoms with van der Waals surface area (Å²) in [5.74, 6) is 0. The zero-order valence-corrected chi connectivity index (χ0v) is 9.92. The topological polar surface area (TPSA) is 36.9 Å². The van der Waals surface area contributed by atoms with Gasteiger partial charge in [0.1, 0.15) is 0 Å². The normalized spacial score (nSPS) is 15.8. The molecular formula is C6F14O4. The fourth-order valence-corrected chi connectivity index (χ4v) is 0.689. The molecule has 0 saturated heterocycles. The zero-order valence-electron chi connectivity index (χ0n) is 9.92. The standard InChI is InChI=1S/C6F14O4/c7-1(8,21-3(11,12)4(13,14)24-20)2(9,10)22-6(18,19)23-5(15,16)17. The van der Waals surface area contributed by atoms with E-state index in [1.54, 1.807) is 4.74 Å². The predicted octanol–water partition coefficient (Wildman–Crippen LogP) is 4.38. The van der Waals surface area contributed by atoms with Gasteiger partial charge in [0.05, 0.1) is 0 Å². The van der Waals surface area contributed by atoms with Gasteiger partial charge in [-0.05, 0) is 4.53 Å². The molecule has 0 saturated carbocycles. The van der Waals surface area contributed by atoms with E-state index in [4.69, 9.17) is 0 Å². The summed E-state index contributed by atoms with van der Waals surface area (Å²) in [6.45, 7) is 0. The minimum atomic E-state index is -7.14. The quantitative estimate of drug-likeness (QED) is 0.446. The average molecular weight is 402 g/mol. The first kappa shape index (κ1) is 22.9. The molecule has 24 heavy (non-hydrogen) atoms. The highest BCUT2D eigenvalue weighted by molar-refractivity contribution is 4.74. The third-order valence-electron chi connectivity index (χ3n) is 1.51. The van der Waals surface area contributed by atoms with Crippen LogP contribution in [0, 0.1) is 0 Å². The molecule has 0 aliphatic rings. The molecule has 0 aromatic rings. The van der Waals surface area contributed by atoms with Gasteiger partial charge in [0, 0.05) is 0 Å². The van der Waals surface area contributed by atoms with Crippen LogP contribution in [0.5, 0.6) is 0 Å². The summed E-state index contributed by atoms with van der Waals surface area (Å²) in [4.78, 5) is 1.18. The summed E-state index contributed by atoms with van der Waals surface area (Å²) in [5, 5.41) is 0. The summed E-state index contributed by atoms with van der Waals surface area (Å²) in [5.41, 5.74) is 0. The molecule has 4 nitrogen and oxygen atoms in total. The van der Waals surface area contributed by atoms with Crippen molar-refractivity contribution in [1.29, 1.82) is 0 Å². The van der Waals surface area contributed by atoms with Crippen LogP contribution in [-0.4, -0.2) is 37.1 Å². The van der Waals surface area contributed by atoms with E-state index in [-0.39, 0.29) is 0 Å². The lowest BCUT2D eigenvalue weighted by Crippen LogP contribution is -2.56. The molecule has 0 unspecified atom stereocenters. The van der Waals surface area contributed by atoms with Crippen LogP contribution in [0.3, 0.4) is 0 Å². The maximum absolute atomic E-state index is 12.6. The van der Waals surface area contributed by atoms with E-state index >= 15 is 0 Å². The van der Waals surface area contributed by atoms with Crippen LogP contribution < -0.4 is 0 Å². The van der Waals surface area contributed by atoms with Crippen molar-refractivity contribution in [1.82, 2.24) is 0 Å². The smallest absolute Gasteiger partial charge is 0.241 e. The molecule has 0 aliphatic carbocycles. The van der Waals surface area contributed by atoms with Gasteiger partial charge >= 0.3 is 37.1 Å². The third-order valence-corrected chi connectivity index (χ3v) is 1.51. The number of hydrogen-bond donors (Lipinski definition) is 0.